The van der Waals surface area contributed by atoms with E-state index in [2.05, 4.69) is 10.7 Å². The lowest BCUT2D eigenvalue weighted by molar-refractivity contribution is 0.0460. The molecule has 0 bridgehead atoms. The third kappa shape index (κ3) is 4.73. The number of carbonyl (C=O) groups excluding carboxylic acids is 2. The molecule has 2 aromatic carbocycles. The van der Waals surface area contributed by atoms with Crippen molar-refractivity contribution in [1.82, 2.24) is 10.4 Å². The summed E-state index contributed by atoms with van der Waals surface area (Å²) in [7, 11) is 0. The number of anilines is 1. The molecule has 6 heteroatoms. The second-order valence-electron chi connectivity index (χ2n) is 6.25. The van der Waals surface area contributed by atoms with Crippen LogP contribution in [0.25, 0.3) is 0 Å². The molecule has 3 amide bonds. The summed E-state index contributed by atoms with van der Waals surface area (Å²) >= 11 is 5.82. The van der Waals surface area contributed by atoms with Crippen molar-refractivity contribution in [1.29, 1.82) is 0 Å². The summed E-state index contributed by atoms with van der Waals surface area (Å²) in [6.07, 6.45) is 0. The van der Waals surface area contributed by atoms with Gasteiger partial charge in [0.15, 0.2) is 0 Å². The van der Waals surface area contributed by atoms with Crippen LogP contribution in [0.3, 0.4) is 0 Å². The molecule has 24 heavy (non-hydrogen) atoms. The third-order valence-electron chi connectivity index (χ3n) is 3.21. The zero-order valence-electron chi connectivity index (χ0n) is 13.8. The van der Waals surface area contributed by atoms with Crippen molar-refractivity contribution >= 4 is 29.2 Å². The molecule has 2 aromatic rings. The molecule has 0 aliphatic carbocycles. The normalized spacial score (nSPS) is 10.8. The lowest BCUT2D eigenvalue weighted by atomic mass is 10.1. The fourth-order valence-corrected chi connectivity index (χ4v) is 2.15. The Kier molecular flexibility index (Phi) is 5.46. The molecular weight excluding hydrogens is 326 g/mol. The van der Waals surface area contributed by atoms with E-state index in [4.69, 9.17) is 11.6 Å². The van der Waals surface area contributed by atoms with Crippen molar-refractivity contribution in [3.8, 4) is 0 Å². The van der Waals surface area contributed by atoms with Crippen molar-refractivity contribution in [2.24, 2.45) is 0 Å². The molecule has 2 rings (SSSR count). The van der Waals surface area contributed by atoms with E-state index in [-0.39, 0.29) is 5.91 Å². The second kappa shape index (κ2) is 7.36. The number of nitrogens with one attached hydrogen (secondary N) is 2. The SMILES string of the molecule is CC(C)(C)N(NC(=O)Nc1ccc(Cl)cc1)C(=O)c1ccccc1. The van der Waals surface area contributed by atoms with Crippen molar-refractivity contribution < 1.29 is 9.59 Å². The van der Waals surface area contributed by atoms with E-state index >= 15 is 0 Å². The Morgan fingerprint density at radius 1 is 0.958 bits per heavy atom. The van der Waals surface area contributed by atoms with Gasteiger partial charge in [-0.3, -0.25) is 4.79 Å². The summed E-state index contributed by atoms with van der Waals surface area (Å²) in [5, 5.41) is 4.57. The van der Waals surface area contributed by atoms with Crippen molar-refractivity contribution in [2.45, 2.75) is 26.3 Å². The maximum Gasteiger partial charge on any atom is 0.338 e. The van der Waals surface area contributed by atoms with Crippen LogP contribution in [0.4, 0.5) is 10.5 Å². The predicted molar refractivity (Wildman–Crippen MR) is 96.0 cm³/mol. The molecule has 0 aliphatic rings. The average Bonchev–Trinajstić information content (AvgIpc) is 2.54. The van der Waals surface area contributed by atoms with Gasteiger partial charge in [0.2, 0.25) is 0 Å². The van der Waals surface area contributed by atoms with Crippen molar-refractivity contribution in [3.63, 3.8) is 0 Å². The summed E-state index contributed by atoms with van der Waals surface area (Å²) < 4.78 is 0. The quantitative estimate of drug-likeness (QED) is 0.796. The van der Waals surface area contributed by atoms with Gasteiger partial charge in [-0.1, -0.05) is 29.8 Å². The smallest absolute Gasteiger partial charge is 0.307 e. The van der Waals surface area contributed by atoms with Crippen molar-refractivity contribution in [2.75, 3.05) is 5.32 Å². The highest BCUT2D eigenvalue weighted by atomic mass is 35.5. The maximum absolute atomic E-state index is 12.7. The molecule has 0 unspecified atom stereocenters. The highest BCUT2D eigenvalue weighted by Crippen LogP contribution is 2.16. The number of halogens is 1. The highest BCUT2D eigenvalue weighted by Gasteiger charge is 2.29. The molecule has 0 fully saturated rings. The molecule has 0 spiro atoms. The fourth-order valence-electron chi connectivity index (χ4n) is 2.03. The maximum atomic E-state index is 12.7. The number of amides is 3. The second-order valence-corrected chi connectivity index (χ2v) is 6.69. The predicted octanol–water partition coefficient (Wildman–Crippen LogP) is 4.32. The van der Waals surface area contributed by atoms with Gasteiger partial charge in [-0.2, -0.15) is 0 Å². The Morgan fingerprint density at radius 3 is 2.08 bits per heavy atom. The molecule has 0 atom stereocenters. The first kappa shape index (κ1) is 17.8. The Labute approximate surface area is 146 Å². The van der Waals surface area contributed by atoms with E-state index in [1.165, 1.54) is 5.01 Å². The van der Waals surface area contributed by atoms with Crippen LogP contribution < -0.4 is 10.7 Å². The van der Waals surface area contributed by atoms with Gasteiger partial charge >= 0.3 is 6.03 Å². The summed E-state index contributed by atoms with van der Waals surface area (Å²) in [6.45, 7) is 5.53. The van der Waals surface area contributed by atoms with E-state index < -0.39 is 11.6 Å². The number of hydrogen-bond donors (Lipinski definition) is 2. The fraction of sp³-hybridized carbons (Fsp3) is 0.222. The molecule has 0 saturated heterocycles. The number of hydrazine groups is 1. The van der Waals surface area contributed by atoms with Crippen LogP contribution in [-0.2, 0) is 0 Å². The van der Waals surface area contributed by atoms with Crippen LogP contribution in [-0.4, -0.2) is 22.5 Å². The molecule has 0 saturated carbocycles. The molecular formula is C18H20ClN3O2. The van der Waals surface area contributed by atoms with E-state index in [9.17, 15) is 9.59 Å². The van der Waals surface area contributed by atoms with Crippen LogP contribution in [0.1, 0.15) is 31.1 Å². The van der Waals surface area contributed by atoms with Gasteiger partial charge in [-0.25, -0.2) is 15.2 Å². The number of rotatable bonds is 2. The zero-order chi connectivity index (χ0) is 17.7. The Morgan fingerprint density at radius 2 is 1.54 bits per heavy atom. The van der Waals surface area contributed by atoms with Gasteiger partial charge in [0.1, 0.15) is 0 Å². The summed E-state index contributed by atoms with van der Waals surface area (Å²) in [4.78, 5) is 24.9. The summed E-state index contributed by atoms with van der Waals surface area (Å²) in [5.41, 5.74) is 3.11. The highest BCUT2D eigenvalue weighted by molar-refractivity contribution is 6.30. The average molecular weight is 346 g/mol. The number of urea groups is 1. The molecule has 0 heterocycles. The number of nitrogens with zero attached hydrogens (tertiary/aromatic N) is 1. The lowest BCUT2D eigenvalue weighted by Crippen LogP contribution is -2.56. The van der Waals surface area contributed by atoms with Gasteiger partial charge in [0, 0.05) is 16.3 Å². The van der Waals surface area contributed by atoms with Crippen molar-refractivity contribution in [3.05, 3.63) is 65.2 Å². The Balaban J connectivity index is 2.13. The van der Waals surface area contributed by atoms with Gasteiger partial charge in [0.05, 0.1) is 5.54 Å². The minimum atomic E-state index is -0.593. The molecule has 0 aliphatic heterocycles. The van der Waals surface area contributed by atoms with E-state index in [0.29, 0.717) is 16.3 Å². The van der Waals surface area contributed by atoms with Gasteiger partial charge < -0.3 is 5.32 Å². The third-order valence-corrected chi connectivity index (χ3v) is 3.46. The summed E-state index contributed by atoms with van der Waals surface area (Å²) in [6, 6.07) is 15.0. The number of hydrogen-bond acceptors (Lipinski definition) is 2. The molecule has 2 N–H and O–H groups in total. The van der Waals surface area contributed by atoms with Crippen LogP contribution in [0.15, 0.2) is 54.6 Å². The number of benzene rings is 2. The Hall–Kier alpha value is -2.53. The first-order valence-corrected chi connectivity index (χ1v) is 7.88. The van der Waals surface area contributed by atoms with Gasteiger partial charge in [0.25, 0.3) is 5.91 Å². The minimum Gasteiger partial charge on any atom is -0.307 e. The lowest BCUT2D eigenvalue weighted by Gasteiger charge is -2.35. The van der Waals surface area contributed by atoms with E-state index in [0.717, 1.165) is 0 Å². The van der Waals surface area contributed by atoms with Crippen LogP contribution in [0.5, 0.6) is 0 Å². The molecule has 0 aromatic heterocycles. The van der Waals surface area contributed by atoms with Crippen LogP contribution in [0.2, 0.25) is 5.02 Å². The number of carbonyl (C=O) groups is 2. The first-order chi connectivity index (χ1) is 11.3. The zero-order valence-corrected chi connectivity index (χ0v) is 14.6. The molecule has 0 radical (unpaired) electrons. The summed E-state index contributed by atoms with van der Waals surface area (Å²) in [5.74, 6) is -0.283. The topological polar surface area (TPSA) is 61.4 Å². The van der Waals surface area contributed by atoms with Gasteiger partial charge in [-0.15, -0.1) is 0 Å². The van der Waals surface area contributed by atoms with Gasteiger partial charge in [-0.05, 0) is 57.2 Å². The van der Waals surface area contributed by atoms with E-state index in [1.807, 2.05) is 26.8 Å². The molecule has 126 valence electrons. The minimum absolute atomic E-state index is 0.283. The largest absolute Gasteiger partial charge is 0.338 e. The monoisotopic (exact) mass is 345 g/mol. The standard InChI is InChI=1S/C18H20ClN3O2/c1-18(2,3)22(16(23)13-7-5-4-6-8-13)21-17(24)20-15-11-9-14(19)10-12-15/h4-12H,1-3H3,(H2,20,21,24). The van der Waals surface area contributed by atoms with Crippen LogP contribution in [0, 0.1) is 0 Å². The molecule has 5 nitrogen and oxygen atoms in total. The van der Waals surface area contributed by atoms with E-state index in [1.54, 1.807) is 48.5 Å². The first-order valence-electron chi connectivity index (χ1n) is 7.50. The Bertz CT molecular complexity index is 709. The van der Waals surface area contributed by atoms with Crippen LogP contribution >= 0.6 is 11.6 Å².